The Balaban J connectivity index is 1.63. The van der Waals surface area contributed by atoms with Crippen molar-refractivity contribution in [1.82, 2.24) is 0 Å². The third-order valence-corrected chi connectivity index (χ3v) is 13.6. The van der Waals surface area contributed by atoms with Gasteiger partial charge >= 0.3 is 202 Å². The van der Waals surface area contributed by atoms with E-state index in [4.69, 9.17) is 18.6 Å². The van der Waals surface area contributed by atoms with Crippen LogP contribution in [-0.4, -0.2) is 60.4 Å². The number of fused-ring (bicyclic) bond motifs is 1. The van der Waals surface area contributed by atoms with Crippen molar-refractivity contribution in [3.63, 3.8) is 0 Å². The number of carbonyl (C=O) groups excluding carboxylic acids is 1. The second-order valence-corrected chi connectivity index (χ2v) is 17.5. The van der Waals surface area contributed by atoms with Gasteiger partial charge in [0, 0.05) is 0 Å². The van der Waals surface area contributed by atoms with Gasteiger partial charge in [0.25, 0.3) is 0 Å². The molecule has 0 N–H and O–H groups in total. The molecule has 1 aromatic carbocycles. The Bertz CT molecular complexity index is 804. The molecule has 0 bridgehead atoms. The molecule has 3 fully saturated rings. The standard InChI is InChI=1S/C25H38O5SeSi/c1-24(2,3)32(4,5)28-16-18-19(29-20-13-9-10-14-27-20)15-25(31)22(18)21(23(26)30-25)17-11-7-6-8-12-17/h6-8,11-12,18-22,31H,9-10,13-16H2,1-5H3/t18-,19+,20?,21+,22+,25-/m0/s1. The van der Waals surface area contributed by atoms with E-state index in [1.54, 1.807) is 0 Å². The molecule has 5 nitrogen and oxygen atoms in total. The first kappa shape index (κ1) is 24.4. The minimum atomic E-state index is -1.96. The van der Waals surface area contributed by atoms with Gasteiger partial charge in [0.15, 0.2) is 0 Å². The Hall–Kier alpha value is -0.694. The average Bonchev–Trinajstić information content (AvgIpc) is 3.13. The first-order chi connectivity index (χ1) is 15.0. The second kappa shape index (κ2) is 9.16. The third kappa shape index (κ3) is 4.75. The predicted molar refractivity (Wildman–Crippen MR) is 128 cm³/mol. The maximum absolute atomic E-state index is 13.1. The Labute approximate surface area is 201 Å². The predicted octanol–water partition coefficient (Wildman–Crippen LogP) is 4.49. The normalized spacial score (nSPS) is 35.6. The van der Waals surface area contributed by atoms with Gasteiger partial charge in [0.05, 0.1) is 0 Å². The first-order valence-electron chi connectivity index (χ1n) is 11.9. The number of hydrogen-bond donors (Lipinski definition) is 0. The monoisotopic (exact) mass is 526 g/mol. The van der Waals surface area contributed by atoms with Crippen molar-refractivity contribution >= 4 is 30.3 Å². The molecule has 2 saturated heterocycles. The Morgan fingerprint density at radius 1 is 1.19 bits per heavy atom. The summed E-state index contributed by atoms with van der Waals surface area (Å²) in [5.41, 5.74) is 1.02. The van der Waals surface area contributed by atoms with Gasteiger partial charge in [0.2, 0.25) is 0 Å². The van der Waals surface area contributed by atoms with Gasteiger partial charge < -0.3 is 0 Å². The Morgan fingerprint density at radius 3 is 2.53 bits per heavy atom. The van der Waals surface area contributed by atoms with Crippen molar-refractivity contribution < 1.29 is 23.4 Å². The molecule has 1 aromatic rings. The van der Waals surface area contributed by atoms with Crippen LogP contribution in [0, 0.1) is 11.8 Å². The molecule has 0 radical (unpaired) electrons. The van der Waals surface area contributed by atoms with Crippen LogP contribution in [0.5, 0.6) is 0 Å². The van der Waals surface area contributed by atoms with Gasteiger partial charge in [0.1, 0.15) is 0 Å². The third-order valence-electron chi connectivity index (χ3n) is 7.91. The maximum atomic E-state index is 13.1. The first-order valence-corrected chi connectivity index (χ1v) is 15.8. The topological polar surface area (TPSA) is 54.0 Å². The van der Waals surface area contributed by atoms with Gasteiger partial charge in [-0.25, -0.2) is 0 Å². The molecule has 178 valence electrons. The molecule has 0 amide bonds. The van der Waals surface area contributed by atoms with E-state index in [1.807, 2.05) is 30.3 Å². The number of rotatable bonds is 6. The summed E-state index contributed by atoms with van der Waals surface area (Å²) < 4.78 is 24.6. The molecule has 6 atom stereocenters. The summed E-state index contributed by atoms with van der Waals surface area (Å²) >= 11 is 2.67. The van der Waals surface area contributed by atoms with Gasteiger partial charge in [-0.05, 0) is 0 Å². The average molecular weight is 526 g/mol. The van der Waals surface area contributed by atoms with E-state index in [0.717, 1.165) is 31.4 Å². The fourth-order valence-corrected chi connectivity index (χ4v) is 7.36. The summed E-state index contributed by atoms with van der Waals surface area (Å²) in [5.74, 6) is -0.370. The Morgan fingerprint density at radius 2 is 1.91 bits per heavy atom. The van der Waals surface area contributed by atoms with E-state index < -0.39 is 12.8 Å². The van der Waals surface area contributed by atoms with Crippen molar-refractivity contribution in [1.29, 1.82) is 0 Å². The minimum absolute atomic E-state index is 0.00393. The summed E-state index contributed by atoms with van der Waals surface area (Å²) in [7, 11) is -1.96. The zero-order valence-electron chi connectivity index (χ0n) is 20.0. The summed E-state index contributed by atoms with van der Waals surface area (Å²) in [6, 6.07) is 10.0. The van der Waals surface area contributed by atoms with Crippen molar-refractivity contribution in [3.8, 4) is 0 Å². The van der Waals surface area contributed by atoms with Gasteiger partial charge in [-0.1, -0.05) is 0 Å². The number of ether oxygens (including phenoxy) is 3. The molecule has 0 spiro atoms. The van der Waals surface area contributed by atoms with Crippen molar-refractivity contribution in [3.05, 3.63) is 35.9 Å². The van der Waals surface area contributed by atoms with Crippen LogP contribution in [0.2, 0.25) is 18.1 Å². The van der Waals surface area contributed by atoms with E-state index in [9.17, 15) is 4.79 Å². The van der Waals surface area contributed by atoms with E-state index in [0.29, 0.717) is 13.0 Å². The van der Waals surface area contributed by atoms with E-state index in [1.165, 1.54) is 0 Å². The molecular weight excluding hydrogens is 487 g/mol. The molecule has 32 heavy (non-hydrogen) atoms. The zero-order valence-corrected chi connectivity index (χ0v) is 22.9. The second-order valence-electron chi connectivity index (χ2n) is 11.1. The molecule has 0 aromatic heterocycles. The number of esters is 1. The molecule has 3 aliphatic rings. The molecule has 1 unspecified atom stereocenters. The van der Waals surface area contributed by atoms with Gasteiger partial charge in [-0.3, -0.25) is 0 Å². The van der Waals surface area contributed by atoms with Crippen molar-refractivity contribution in [2.45, 2.75) is 87.4 Å². The molecular formula is C25H38O5SeSi. The van der Waals surface area contributed by atoms with Crippen molar-refractivity contribution in [2.75, 3.05) is 13.2 Å². The summed E-state index contributed by atoms with van der Waals surface area (Å²) in [6.45, 7) is 12.7. The van der Waals surface area contributed by atoms with Crippen LogP contribution in [0.4, 0.5) is 0 Å². The molecule has 2 heterocycles. The van der Waals surface area contributed by atoms with E-state index in [-0.39, 0.29) is 41.2 Å². The van der Waals surface area contributed by atoms with Crippen LogP contribution in [0.15, 0.2) is 30.3 Å². The SMILES string of the molecule is CC(C)(C)[Si](C)(C)OC[C@@H]1[C@@H]2[C@@H](c3ccccc3)C(=O)O[C@]2([SeH])C[C@H]1OC1CCCCO1. The summed E-state index contributed by atoms with van der Waals surface area (Å²) in [4.78, 5) is 13.1. The van der Waals surface area contributed by atoms with E-state index in [2.05, 4.69) is 49.9 Å². The molecule has 1 aliphatic carbocycles. The van der Waals surface area contributed by atoms with E-state index >= 15 is 0 Å². The van der Waals surface area contributed by atoms with Crippen LogP contribution in [0.1, 0.15) is 57.9 Å². The van der Waals surface area contributed by atoms with Gasteiger partial charge in [-0.2, -0.15) is 0 Å². The van der Waals surface area contributed by atoms with Gasteiger partial charge in [-0.15, -0.1) is 0 Å². The number of carbonyl (C=O) groups is 1. The quantitative estimate of drug-likeness (QED) is 0.405. The molecule has 2 aliphatic heterocycles. The zero-order chi connectivity index (χ0) is 23.1. The molecule has 7 heteroatoms. The summed E-state index contributed by atoms with van der Waals surface area (Å²) in [5, 5.41) is 0.120. The number of benzene rings is 1. The van der Waals surface area contributed by atoms with Crippen LogP contribution in [0.25, 0.3) is 0 Å². The molecule has 1 saturated carbocycles. The van der Waals surface area contributed by atoms with Crippen LogP contribution >= 0.6 is 0 Å². The Kier molecular flexibility index (Phi) is 6.99. The number of hydrogen-bond acceptors (Lipinski definition) is 5. The van der Waals surface area contributed by atoms with Crippen molar-refractivity contribution in [2.24, 2.45) is 11.8 Å². The van der Waals surface area contributed by atoms with Crippen LogP contribution < -0.4 is 0 Å². The fraction of sp³-hybridized carbons (Fsp3) is 0.720. The van der Waals surface area contributed by atoms with Crippen LogP contribution in [0.3, 0.4) is 0 Å². The summed E-state index contributed by atoms with van der Waals surface area (Å²) in [6.07, 6.45) is 3.57. The fourth-order valence-electron chi connectivity index (χ4n) is 5.04. The molecule has 4 rings (SSSR count). The van der Waals surface area contributed by atoms with Crippen LogP contribution in [-0.2, 0) is 23.4 Å².